The van der Waals surface area contributed by atoms with Gasteiger partial charge in [-0.05, 0) is 61.3 Å². The predicted molar refractivity (Wildman–Crippen MR) is 109 cm³/mol. The first-order valence-electron chi connectivity index (χ1n) is 9.69. The molecule has 4 nitrogen and oxygen atoms in total. The van der Waals surface area contributed by atoms with Crippen molar-refractivity contribution in [2.45, 2.75) is 66.9 Å². The first kappa shape index (κ1) is 22.5. The van der Waals surface area contributed by atoms with E-state index < -0.39 is 5.60 Å². The second kappa shape index (κ2) is 9.96. The average molecular weight is 364 g/mol. The van der Waals surface area contributed by atoms with Gasteiger partial charge in [-0.15, -0.1) is 0 Å². The number of nitrogens with one attached hydrogen (secondary N) is 1. The standard InChI is InChI=1S/C22H37NO3/c1-15(2)12-22(25-8,13-16(3)4)21(24)23-19-9-10-20(18(7)11-19)26-14-17(5)6/h9-11,15-17H,12-14H2,1-8H3,(H,23,24). The molecule has 0 heterocycles. The number of anilines is 1. The lowest BCUT2D eigenvalue weighted by Crippen LogP contribution is -2.46. The maximum absolute atomic E-state index is 13.1. The zero-order chi connectivity index (χ0) is 19.9. The summed E-state index contributed by atoms with van der Waals surface area (Å²) >= 11 is 0. The SMILES string of the molecule is COC(CC(C)C)(CC(C)C)C(=O)Nc1ccc(OCC(C)C)c(C)c1. The topological polar surface area (TPSA) is 47.6 Å². The predicted octanol–water partition coefficient (Wildman–Crippen LogP) is 5.45. The van der Waals surface area contributed by atoms with E-state index in [4.69, 9.17) is 9.47 Å². The monoisotopic (exact) mass is 363 g/mol. The van der Waals surface area contributed by atoms with Gasteiger partial charge < -0.3 is 14.8 Å². The van der Waals surface area contributed by atoms with Crippen molar-refractivity contribution >= 4 is 11.6 Å². The third-order valence-corrected chi connectivity index (χ3v) is 4.29. The number of hydrogen-bond acceptors (Lipinski definition) is 3. The van der Waals surface area contributed by atoms with E-state index in [2.05, 4.69) is 46.9 Å². The number of benzene rings is 1. The summed E-state index contributed by atoms with van der Waals surface area (Å²) in [7, 11) is 1.64. The van der Waals surface area contributed by atoms with Crippen LogP contribution in [0.4, 0.5) is 5.69 Å². The molecule has 1 amide bonds. The molecule has 4 heteroatoms. The summed E-state index contributed by atoms with van der Waals surface area (Å²) in [4.78, 5) is 13.1. The minimum atomic E-state index is -0.803. The highest BCUT2D eigenvalue weighted by Crippen LogP contribution is 2.31. The molecule has 1 aromatic rings. The molecule has 0 spiro atoms. The molecule has 148 valence electrons. The largest absolute Gasteiger partial charge is 0.493 e. The van der Waals surface area contributed by atoms with Crippen LogP contribution in [-0.4, -0.2) is 25.2 Å². The van der Waals surface area contributed by atoms with Gasteiger partial charge in [0.15, 0.2) is 0 Å². The Hall–Kier alpha value is -1.55. The first-order valence-corrected chi connectivity index (χ1v) is 9.69. The van der Waals surface area contributed by atoms with Crippen molar-refractivity contribution in [3.63, 3.8) is 0 Å². The van der Waals surface area contributed by atoms with Crippen LogP contribution in [0.15, 0.2) is 18.2 Å². The summed E-state index contributed by atoms with van der Waals surface area (Å²) in [6, 6.07) is 5.77. The Bertz CT molecular complexity index is 569. The summed E-state index contributed by atoms with van der Waals surface area (Å²) < 4.78 is 11.6. The molecule has 0 aliphatic rings. The van der Waals surface area contributed by atoms with Crippen LogP contribution in [0.1, 0.15) is 59.9 Å². The van der Waals surface area contributed by atoms with Gasteiger partial charge in [-0.2, -0.15) is 0 Å². The fraction of sp³-hybridized carbons (Fsp3) is 0.682. The third-order valence-electron chi connectivity index (χ3n) is 4.29. The van der Waals surface area contributed by atoms with Crippen molar-refractivity contribution in [3.05, 3.63) is 23.8 Å². The summed E-state index contributed by atoms with van der Waals surface area (Å²) in [6.07, 6.45) is 1.39. The maximum Gasteiger partial charge on any atom is 0.256 e. The van der Waals surface area contributed by atoms with Gasteiger partial charge >= 0.3 is 0 Å². The number of ether oxygens (including phenoxy) is 2. The van der Waals surface area contributed by atoms with Crippen LogP contribution < -0.4 is 10.1 Å². The van der Waals surface area contributed by atoms with Gasteiger partial charge in [-0.1, -0.05) is 41.5 Å². The number of amides is 1. The zero-order valence-corrected chi connectivity index (χ0v) is 17.8. The Balaban J connectivity index is 2.96. The Kier molecular flexibility index (Phi) is 8.61. The molecule has 0 atom stereocenters. The summed E-state index contributed by atoms with van der Waals surface area (Å²) in [5.74, 6) is 2.00. The van der Waals surface area contributed by atoms with E-state index in [1.807, 2.05) is 25.1 Å². The van der Waals surface area contributed by atoms with E-state index in [0.717, 1.165) is 17.0 Å². The number of carbonyl (C=O) groups is 1. The van der Waals surface area contributed by atoms with Crippen molar-refractivity contribution in [1.82, 2.24) is 0 Å². The van der Waals surface area contributed by atoms with Gasteiger partial charge in [0.05, 0.1) is 6.61 Å². The molecule has 0 bridgehead atoms. The van der Waals surface area contributed by atoms with Gasteiger partial charge in [-0.3, -0.25) is 4.79 Å². The second-order valence-electron chi connectivity index (χ2n) is 8.53. The van der Waals surface area contributed by atoms with Crippen molar-refractivity contribution in [1.29, 1.82) is 0 Å². The van der Waals surface area contributed by atoms with Crippen LogP contribution >= 0.6 is 0 Å². The summed E-state index contributed by atoms with van der Waals surface area (Å²) in [6.45, 7) is 15.4. The van der Waals surface area contributed by atoms with Crippen LogP contribution in [0, 0.1) is 24.7 Å². The van der Waals surface area contributed by atoms with E-state index in [-0.39, 0.29) is 5.91 Å². The lowest BCUT2D eigenvalue weighted by atomic mass is 9.84. The minimum absolute atomic E-state index is 0.0716. The van der Waals surface area contributed by atoms with Gasteiger partial charge in [0, 0.05) is 12.8 Å². The van der Waals surface area contributed by atoms with Gasteiger partial charge in [0.25, 0.3) is 5.91 Å². The number of rotatable bonds is 10. The Morgan fingerprint density at radius 1 is 1.04 bits per heavy atom. The number of aryl methyl sites for hydroxylation is 1. The quantitative estimate of drug-likeness (QED) is 0.601. The molecule has 0 saturated carbocycles. The molecule has 0 unspecified atom stereocenters. The lowest BCUT2D eigenvalue weighted by molar-refractivity contribution is -0.142. The highest BCUT2D eigenvalue weighted by molar-refractivity contribution is 5.97. The number of carbonyl (C=O) groups excluding carboxylic acids is 1. The second-order valence-corrected chi connectivity index (χ2v) is 8.53. The maximum atomic E-state index is 13.1. The normalized spacial score (nSPS) is 12.1. The van der Waals surface area contributed by atoms with Crippen LogP contribution in [0.2, 0.25) is 0 Å². The van der Waals surface area contributed by atoms with E-state index in [9.17, 15) is 4.79 Å². The molecule has 1 rings (SSSR count). The Labute approximate surface area is 159 Å². The summed E-state index contributed by atoms with van der Waals surface area (Å²) in [5, 5.41) is 3.06. The highest BCUT2D eigenvalue weighted by atomic mass is 16.5. The molecule has 0 fully saturated rings. The van der Waals surface area contributed by atoms with Gasteiger partial charge in [-0.25, -0.2) is 0 Å². The van der Waals surface area contributed by atoms with Crippen LogP contribution in [0.25, 0.3) is 0 Å². The van der Waals surface area contributed by atoms with E-state index in [0.29, 0.717) is 37.2 Å². The number of hydrogen-bond donors (Lipinski definition) is 1. The molecule has 0 radical (unpaired) electrons. The van der Waals surface area contributed by atoms with Crippen LogP contribution in [0.3, 0.4) is 0 Å². The first-order chi connectivity index (χ1) is 12.1. The van der Waals surface area contributed by atoms with Crippen molar-refractivity contribution < 1.29 is 14.3 Å². The molecule has 0 aromatic heterocycles. The molecular formula is C22H37NO3. The van der Waals surface area contributed by atoms with Gasteiger partial charge in [0.1, 0.15) is 11.4 Å². The molecule has 26 heavy (non-hydrogen) atoms. The van der Waals surface area contributed by atoms with Gasteiger partial charge in [0.2, 0.25) is 0 Å². The molecule has 0 saturated heterocycles. The van der Waals surface area contributed by atoms with Crippen LogP contribution in [-0.2, 0) is 9.53 Å². The zero-order valence-electron chi connectivity index (χ0n) is 17.8. The number of methoxy groups -OCH3 is 1. The van der Waals surface area contributed by atoms with Crippen molar-refractivity contribution in [2.24, 2.45) is 17.8 Å². The van der Waals surface area contributed by atoms with Crippen molar-refractivity contribution in [2.75, 3.05) is 19.0 Å². The molecular weight excluding hydrogens is 326 g/mol. The molecule has 0 aliphatic heterocycles. The smallest absolute Gasteiger partial charge is 0.256 e. The Morgan fingerprint density at radius 3 is 2.04 bits per heavy atom. The molecule has 0 aliphatic carbocycles. The third kappa shape index (κ3) is 6.64. The molecule has 1 aromatic carbocycles. The Morgan fingerprint density at radius 2 is 1.62 bits per heavy atom. The fourth-order valence-corrected chi connectivity index (χ4v) is 3.24. The van der Waals surface area contributed by atoms with E-state index in [1.165, 1.54) is 0 Å². The van der Waals surface area contributed by atoms with E-state index in [1.54, 1.807) is 7.11 Å². The lowest BCUT2D eigenvalue weighted by Gasteiger charge is -2.34. The molecule has 1 N–H and O–H groups in total. The highest BCUT2D eigenvalue weighted by Gasteiger charge is 2.39. The van der Waals surface area contributed by atoms with Crippen molar-refractivity contribution in [3.8, 4) is 5.75 Å². The summed E-state index contributed by atoms with van der Waals surface area (Å²) in [5.41, 5.74) is 0.987. The van der Waals surface area contributed by atoms with E-state index >= 15 is 0 Å². The van der Waals surface area contributed by atoms with Crippen LogP contribution in [0.5, 0.6) is 5.75 Å². The minimum Gasteiger partial charge on any atom is -0.493 e. The fourth-order valence-electron chi connectivity index (χ4n) is 3.24. The average Bonchev–Trinajstić information content (AvgIpc) is 2.52.